The van der Waals surface area contributed by atoms with E-state index in [0.29, 0.717) is 26.1 Å². The van der Waals surface area contributed by atoms with E-state index in [1.165, 1.54) is 0 Å². The average molecular weight is 408 g/mol. The van der Waals surface area contributed by atoms with E-state index in [2.05, 4.69) is 4.98 Å². The molecule has 1 aromatic carbocycles. The van der Waals surface area contributed by atoms with E-state index in [4.69, 9.17) is 4.74 Å². The molecule has 0 unspecified atom stereocenters. The van der Waals surface area contributed by atoms with Crippen LogP contribution in [0.3, 0.4) is 0 Å². The Labute approximate surface area is 167 Å². The number of esters is 1. The van der Waals surface area contributed by atoms with Crippen molar-refractivity contribution in [2.75, 3.05) is 20.2 Å². The van der Waals surface area contributed by atoms with Crippen LogP contribution >= 0.6 is 0 Å². The minimum Gasteiger partial charge on any atom is -0.465 e. The Morgan fingerprint density at radius 1 is 1.25 bits per heavy atom. The van der Waals surface area contributed by atoms with Gasteiger partial charge in [0.1, 0.15) is 0 Å². The quantitative estimate of drug-likeness (QED) is 0.562. The topological polar surface area (TPSA) is 81.5 Å². The molecule has 8 heteroatoms. The van der Waals surface area contributed by atoms with Crippen LogP contribution in [0.15, 0.2) is 41.7 Å². The highest BCUT2D eigenvalue weighted by Gasteiger charge is 2.27. The van der Waals surface area contributed by atoms with Gasteiger partial charge in [0.05, 0.1) is 30.3 Å². The monoisotopic (exact) mass is 407 g/mol. The van der Waals surface area contributed by atoms with Crippen molar-refractivity contribution in [1.82, 2.24) is 14.5 Å². The van der Waals surface area contributed by atoms with Gasteiger partial charge >= 0.3 is 5.97 Å². The van der Waals surface area contributed by atoms with Gasteiger partial charge in [-0.2, -0.15) is 0 Å². The van der Waals surface area contributed by atoms with Gasteiger partial charge in [0.25, 0.3) is 0 Å². The number of imidazole rings is 1. The molecule has 0 radical (unpaired) electrons. The molecule has 0 bridgehead atoms. The van der Waals surface area contributed by atoms with Crippen LogP contribution in [-0.4, -0.2) is 54.3 Å². The molecule has 0 amide bonds. The normalized spacial score (nSPS) is 11.9. The number of rotatable bonds is 10. The summed E-state index contributed by atoms with van der Waals surface area (Å²) in [5.41, 5.74) is 1.87. The molecular formula is C20H29N3O4S. The van der Waals surface area contributed by atoms with Crippen molar-refractivity contribution in [1.29, 1.82) is 0 Å². The molecule has 0 N–H and O–H groups in total. The zero-order chi connectivity index (χ0) is 20.7. The van der Waals surface area contributed by atoms with E-state index in [0.717, 1.165) is 11.3 Å². The lowest BCUT2D eigenvalue weighted by Crippen LogP contribution is -2.28. The summed E-state index contributed by atoms with van der Waals surface area (Å²) in [6, 6.07) is 9.90. The number of nitrogens with zero attached hydrogens (tertiary/aromatic N) is 3. The van der Waals surface area contributed by atoms with Gasteiger partial charge in [-0.15, -0.1) is 0 Å². The molecule has 0 aliphatic carbocycles. The molecule has 7 nitrogen and oxygen atoms in total. The van der Waals surface area contributed by atoms with Crippen molar-refractivity contribution in [2.24, 2.45) is 0 Å². The van der Waals surface area contributed by atoms with Crippen molar-refractivity contribution >= 4 is 15.8 Å². The Morgan fingerprint density at radius 2 is 1.93 bits per heavy atom. The van der Waals surface area contributed by atoms with Crippen molar-refractivity contribution in [2.45, 2.75) is 50.7 Å². The Bertz CT molecular complexity index is 876. The first-order valence-corrected chi connectivity index (χ1v) is 11.0. The zero-order valence-electron chi connectivity index (χ0n) is 17.0. The van der Waals surface area contributed by atoms with Gasteiger partial charge in [0.15, 0.2) is 0 Å². The fraction of sp³-hybridized carbons (Fsp3) is 0.500. The second kappa shape index (κ2) is 9.84. The van der Waals surface area contributed by atoms with Gasteiger partial charge in [0.2, 0.25) is 15.0 Å². The molecule has 0 saturated heterocycles. The van der Waals surface area contributed by atoms with Crippen LogP contribution in [0.2, 0.25) is 0 Å². The van der Waals surface area contributed by atoms with E-state index < -0.39 is 15.1 Å². The largest absolute Gasteiger partial charge is 0.465 e. The Kier molecular flexibility index (Phi) is 7.77. The third-order valence-electron chi connectivity index (χ3n) is 4.38. The Balaban J connectivity index is 2.26. The first-order valence-electron chi connectivity index (χ1n) is 9.42. The summed E-state index contributed by atoms with van der Waals surface area (Å²) in [7, 11) is -1.72. The first-order chi connectivity index (χ1) is 13.3. The molecule has 0 atom stereocenters. The van der Waals surface area contributed by atoms with Gasteiger partial charge in [-0.05, 0) is 39.8 Å². The van der Waals surface area contributed by atoms with E-state index in [1.54, 1.807) is 43.5 Å². The number of aryl methyl sites for hydroxylation is 1. The molecule has 2 aromatic rings. The number of likely N-dealkylation sites (N-methyl/N-ethyl adjacent to an activating group) is 1. The first kappa shape index (κ1) is 22.1. The number of aromatic nitrogens is 2. The molecule has 0 fully saturated rings. The predicted molar refractivity (Wildman–Crippen MR) is 108 cm³/mol. The summed E-state index contributed by atoms with van der Waals surface area (Å²) in [6.45, 7) is 6.42. The second-order valence-electron chi connectivity index (χ2n) is 6.99. The standard InChI is InChI=1S/C20H29N3O4S/c1-5-27-19(24)15-22(4)14-18-13-21-20(28(25,26)16(2)3)23(18)12-11-17-9-7-6-8-10-17/h6-10,13,16H,5,11-12,14-15H2,1-4H3. The summed E-state index contributed by atoms with van der Waals surface area (Å²) in [5.74, 6) is -0.310. The third-order valence-corrected chi connectivity index (χ3v) is 6.46. The van der Waals surface area contributed by atoms with Crippen LogP contribution in [-0.2, 0) is 38.9 Å². The Hall–Kier alpha value is -2.19. The van der Waals surface area contributed by atoms with E-state index >= 15 is 0 Å². The maximum Gasteiger partial charge on any atom is 0.320 e. The molecule has 1 heterocycles. The van der Waals surface area contributed by atoms with Crippen molar-refractivity contribution < 1.29 is 17.9 Å². The molecule has 0 saturated carbocycles. The number of carbonyl (C=O) groups excluding carboxylic acids is 1. The van der Waals surface area contributed by atoms with Crippen LogP contribution in [0, 0.1) is 0 Å². The Morgan fingerprint density at radius 3 is 2.54 bits per heavy atom. The SMILES string of the molecule is CCOC(=O)CN(C)Cc1cnc(S(=O)(=O)C(C)C)n1CCc1ccccc1. The van der Waals surface area contributed by atoms with Crippen LogP contribution in [0.4, 0.5) is 0 Å². The number of hydrogen-bond acceptors (Lipinski definition) is 6. The summed E-state index contributed by atoms with van der Waals surface area (Å²) in [6.07, 6.45) is 2.27. The van der Waals surface area contributed by atoms with Crippen molar-refractivity contribution in [3.05, 3.63) is 47.8 Å². The second-order valence-corrected chi connectivity index (χ2v) is 9.39. The number of sulfone groups is 1. The molecule has 2 rings (SSSR count). The fourth-order valence-electron chi connectivity index (χ4n) is 2.84. The van der Waals surface area contributed by atoms with Crippen LogP contribution < -0.4 is 0 Å². The number of ether oxygens (including phenoxy) is 1. The average Bonchev–Trinajstić information content (AvgIpc) is 3.03. The minimum atomic E-state index is -3.52. The van der Waals surface area contributed by atoms with Crippen LogP contribution in [0.1, 0.15) is 32.0 Å². The summed E-state index contributed by atoms with van der Waals surface area (Å²) in [4.78, 5) is 17.7. The van der Waals surface area contributed by atoms with Gasteiger partial charge in [-0.25, -0.2) is 13.4 Å². The molecule has 154 valence electrons. The molecule has 28 heavy (non-hydrogen) atoms. The predicted octanol–water partition coefficient (Wildman–Crippen LogP) is 2.30. The summed E-state index contributed by atoms with van der Waals surface area (Å²) < 4.78 is 32.2. The fourth-order valence-corrected chi connectivity index (χ4v) is 3.98. The molecule has 0 aliphatic heterocycles. The lowest BCUT2D eigenvalue weighted by molar-refractivity contribution is -0.144. The number of benzene rings is 1. The molecular weight excluding hydrogens is 378 g/mol. The molecule has 0 aliphatic rings. The van der Waals surface area contributed by atoms with Crippen molar-refractivity contribution in [3.63, 3.8) is 0 Å². The number of hydrogen-bond donors (Lipinski definition) is 0. The highest BCUT2D eigenvalue weighted by atomic mass is 32.2. The van der Waals surface area contributed by atoms with Crippen LogP contribution in [0.5, 0.6) is 0 Å². The van der Waals surface area contributed by atoms with E-state index in [1.807, 2.05) is 30.3 Å². The smallest absolute Gasteiger partial charge is 0.320 e. The van der Waals surface area contributed by atoms with Gasteiger partial charge < -0.3 is 9.30 Å². The van der Waals surface area contributed by atoms with E-state index in [9.17, 15) is 13.2 Å². The highest BCUT2D eigenvalue weighted by Crippen LogP contribution is 2.19. The van der Waals surface area contributed by atoms with Crippen molar-refractivity contribution in [3.8, 4) is 0 Å². The molecule has 1 aromatic heterocycles. The van der Waals surface area contributed by atoms with Crippen LogP contribution in [0.25, 0.3) is 0 Å². The molecule has 0 spiro atoms. The lowest BCUT2D eigenvalue weighted by Gasteiger charge is -2.18. The maximum atomic E-state index is 12.8. The van der Waals surface area contributed by atoms with Gasteiger partial charge in [-0.1, -0.05) is 30.3 Å². The maximum absolute atomic E-state index is 12.8. The number of carbonyl (C=O) groups is 1. The van der Waals surface area contributed by atoms with E-state index in [-0.39, 0.29) is 17.7 Å². The lowest BCUT2D eigenvalue weighted by atomic mass is 10.1. The van der Waals surface area contributed by atoms with Gasteiger partial charge in [-0.3, -0.25) is 9.69 Å². The third kappa shape index (κ3) is 5.65. The zero-order valence-corrected chi connectivity index (χ0v) is 17.8. The minimum absolute atomic E-state index is 0.0814. The summed E-state index contributed by atoms with van der Waals surface area (Å²) in [5, 5.41) is -0.478. The highest BCUT2D eigenvalue weighted by molar-refractivity contribution is 7.91. The summed E-state index contributed by atoms with van der Waals surface area (Å²) >= 11 is 0. The van der Waals surface area contributed by atoms with Gasteiger partial charge in [0, 0.05) is 13.1 Å².